The zero-order valence-electron chi connectivity index (χ0n) is 21.4. The smallest absolute Gasteiger partial charge is 0.410 e. The van der Waals surface area contributed by atoms with Crippen molar-refractivity contribution in [3.05, 3.63) is 48.4 Å². The number of nitrogens with one attached hydrogen (secondary N) is 1. The quantitative estimate of drug-likeness (QED) is 0.675. The van der Waals surface area contributed by atoms with E-state index in [-0.39, 0.29) is 18.1 Å². The number of anilines is 2. The number of pyridine rings is 2. The van der Waals surface area contributed by atoms with E-state index < -0.39 is 5.60 Å². The molecule has 2 aromatic heterocycles. The first-order chi connectivity index (χ1) is 17.3. The molecule has 2 aromatic rings. The summed E-state index contributed by atoms with van der Waals surface area (Å²) in [5.74, 6) is 0.549. The Morgan fingerprint density at radius 2 is 1.89 bits per heavy atom. The molecule has 0 radical (unpaired) electrons. The lowest BCUT2D eigenvalue weighted by molar-refractivity contribution is -0.0517. The fraction of sp³-hybridized carbons (Fsp3) is 0.538. The Bertz CT molecular complexity index is 1030. The molecule has 2 aliphatic heterocycles. The average Bonchev–Trinajstić information content (AvgIpc) is 3.09. The lowest BCUT2D eigenvalue weighted by Gasteiger charge is -2.36. The van der Waals surface area contributed by atoms with Crippen LogP contribution in [0.1, 0.15) is 37.7 Å². The van der Waals surface area contributed by atoms with Crippen molar-refractivity contribution in [2.24, 2.45) is 0 Å². The minimum absolute atomic E-state index is 0.0452. The SMILES string of the molecule is CC(C)(C)OC(=O)N1CCO[C@H](CN2CCCN(c3cccc(C(=O)Nc4ccncc4)n3)CC2)C1. The first-order valence-corrected chi connectivity index (χ1v) is 12.5. The summed E-state index contributed by atoms with van der Waals surface area (Å²) in [4.78, 5) is 40.1. The molecule has 4 heterocycles. The lowest BCUT2D eigenvalue weighted by Crippen LogP contribution is -2.51. The van der Waals surface area contributed by atoms with Crippen molar-refractivity contribution in [2.45, 2.75) is 38.9 Å². The van der Waals surface area contributed by atoms with Crippen LogP contribution in [0, 0.1) is 0 Å². The molecule has 36 heavy (non-hydrogen) atoms. The predicted octanol–water partition coefficient (Wildman–Crippen LogP) is 2.88. The number of amides is 2. The Morgan fingerprint density at radius 3 is 2.67 bits per heavy atom. The van der Waals surface area contributed by atoms with Gasteiger partial charge in [-0.05, 0) is 58.0 Å². The maximum atomic E-state index is 12.7. The monoisotopic (exact) mass is 496 g/mol. The molecule has 2 fully saturated rings. The van der Waals surface area contributed by atoms with Crippen LogP contribution in [-0.4, -0.2) is 95.9 Å². The van der Waals surface area contributed by atoms with E-state index in [9.17, 15) is 9.59 Å². The summed E-state index contributed by atoms with van der Waals surface area (Å²) in [6.07, 6.45) is 3.91. The molecule has 0 spiro atoms. The molecule has 0 aliphatic carbocycles. The standard InChI is InChI=1S/C26H36N6O4/c1-26(2,3)36-25(34)32-16-17-35-21(19-32)18-30-12-5-13-31(15-14-30)23-7-4-6-22(29-23)24(33)28-20-8-10-27-11-9-20/h4,6-11,21H,5,12-19H2,1-3H3,(H,27,28,33)/t21-/m1/s1. The number of carbonyl (C=O) groups excluding carboxylic acids is 2. The average molecular weight is 497 g/mol. The van der Waals surface area contributed by atoms with E-state index in [1.807, 2.05) is 32.9 Å². The molecule has 10 heteroatoms. The highest BCUT2D eigenvalue weighted by Gasteiger charge is 2.29. The van der Waals surface area contributed by atoms with Crippen molar-refractivity contribution in [3.8, 4) is 0 Å². The Morgan fingerprint density at radius 1 is 1.08 bits per heavy atom. The highest BCUT2D eigenvalue weighted by molar-refractivity contribution is 6.03. The Balaban J connectivity index is 1.30. The molecule has 2 aliphatic rings. The van der Waals surface area contributed by atoms with Crippen LogP contribution in [0.5, 0.6) is 0 Å². The molecule has 2 amide bonds. The van der Waals surface area contributed by atoms with Crippen molar-refractivity contribution in [1.82, 2.24) is 19.8 Å². The van der Waals surface area contributed by atoms with Crippen molar-refractivity contribution in [3.63, 3.8) is 0 Å². The first kappa shape index (κ1) is 25.8. The minimum atomic E-state index is -0.510. The lowest BCUT2D eigenvalue weighted by atomic mass is 10.2. The number of hydrogen-bond donors (Lipinski definition) is 1. The predicted molar refractivity (Wildman–Crippen MR) is 137 cm³/mol. The van der Waals surface area contributed by atoms with Gasteiger partial charge in [-0.1, -0.05) is 6.07 Å². The summed E-state index contributed by atoms with van der Waals surface area (Å²) in [6.45, 7) is 11.4. The van der Waals surface area contributed by atoms with Gasteiger partial charge in [0.1, 0.15) is 17.1 Å². The van der Waals surface area contributed by atoms with Crippen molar-refractivity contribution in [2.75, 3.05) is 62.6 Å². The zero-order valence-corrected chi connectivity index (χ0v) is 21.4. The van der Waals surface area contributed by atoms with Gasteiger partial charge in [-0.15, -0.1) is 0 Å². The summed E-state index contributed by atoms with van der Waals surface area (Å²) in [7, 11) is 0. The Kier molecular flexibility index (Phi) is 8.37. The second-order valence-corrected chi connectivity index (χ2v) is 10.1. The molecule has 0 saturated carbocycles. The third-order valence-electron chi connectivity index (χ3n) is 6.07. The van der Waals surface area contributed by atoms with Gasteiger partial charge in [-0.2, -0.15) is 0 Å². The van der Waals surface area contributed by atoms with Crippen LogP contribution in [0.4, 0.5) is 16.3 Å². The second-order valence-electron chi connectivity index (χ2n) is 10.1. The molecular formula is C26H36N6O4. The normalized spacial score (nSPS) is 19.5. The van der Waals surface area contributed by atoms with E-state index in [2.05, 4.69) is 25.1 Å². The molecule has 0 aromatic carbocycles. The summed E-state index contributed by atoms with van der Waals surface area (Å²) in [6, 6.07) is 9.03. The summed E-state index contributed by atoms with van der Waals surface area (Å²) in [5.41, 5.74) is 0.551. The van der Waals surface area contributed by atoms with Crippen LogP contribution in [0.25, 0.3) is 0 Å². The number of hydrogen-bond acceptors (Lipinski definition) is 8. The van der Waals surface area contributed by atoms with Gasteiger partial charge in [-0.25, -0.2) is 9.78 Å². The highest BCUT2D eigenvalue weighted by atomic mass is 16.6. The zero-order chi connectivity index (χ0) is 25.5. The Labute approximate surface area is 212 Å². The minimum Gasteiger partial charge on any atom is -0.444 e. The van der Waals surface area contributed by atoms with Crippen LogP contribution in [0.15, 0.2) is 42.7 Å². The molecule has 2 saturated heterocycles. The van der Waals surface area contributed by atoms with Crippen molar-refractivity contribution in [1.29, 1.82) is 0 Å². The van der Waals surface area contributed by atoms with Gasteiger partial charge < -0.3 is 24.6 Å². The maximum absolute atomic E-state index is 12.7. The van der Waals surface area contributed by atoms with Crippen molar-refractivity contribution >= 4 is 23.5 Å². The van der Waals surface area contributed by atoms with E-state index in [0.29, 0.717) is 31.1 Å². The molecular weight excluding hydrogens is 460 g/mol. The van der Waals surface area contributed by atoms with E-state index in [0.717, 1.165) is 45.0 Å². The fourth-order valence-electron chi connectivity index (χ4n) is 4.35. The van der Waals surface area contributed by atoms with Crippen LogP contribution in [-0.2, 0) is 9.47 Å². The summed E-state index contributed by atoms with van der Waals surface area (Å²) < 4.78 is 11.5. The van der Waals surface area contributed by atoms with Crippen LogP contribution >= 0.6 is 0 Å². The highest BCUT2D eigenvalue weighted by Crippen LogP contribution is 2.18. The van der Waals surface area contributed by atoms with E-state index in [1.165, 1.54) is 0 Å². The molecule has 4 rings (SSSR count). The molecule has 0 bridgehead atoms. The number of nitrogens with zero attached hydrogens (tertiary/aromatic N) is 5. The topological polar surface area (TPSA) is 100 Å². The van der Waals surface area contributed by atoms with E-state index in [4.69, 9.17) is 9.47 Å². The molecule has 0 unspecified atom stereocenters. The third kappa shape index (κ3) is 7.38. The molecule has 1 atom stereocenters. The van der Waals surface area contributed by atoms with E-state index in [1.54, 1.807) is 35.5 Å². The Hall–Kier alpha value is -3.24. The van der Waals surface area contributed by atoms with Gasteiger partial charge in [0.2, 0.25) is 0 Å². The number of carbonyl (C=O) groups is 2. The molecule has 10 nitrogen and oxygen atoms in total. The number of rotatable bonds is 5. The van der Waals surface area contributed by atoms with Gasteiger partial charge in [0.15, 0.2) is 0 Å². The summed E-state index contributed by atoms with van der Waals surface area (Å²) >= 11 is 0. The van der Waals surface area contributed by atoms with Gasteiger partial charge in [0, 0.05) is 50.8 Å². The van der Waals surface area contributed by atoms with Gasteiger partial charge in [0.25, 0.3) is 5.91 Å². The summed E-state index contributed by atoms with van der Waals surface area (Å²) in [5, 5.41) is 2.86. The fourth-order valence-corrected chi connectivity index (χ4v) is 4.35. The van der Waals surface area contributed by atoms with Crippen molar-refractivity contribution < 1.29 is 19.1 Å². The van der Waals surface area contributed by atoms with Gasteiger partial charge >= 0.3 is 6.09 Å². The van der Waals surface area contributed by atoms with E-state index >= 15 is 0 Å². The van der Waals surface area contributed by atoms with Crippen LogP contribution in [0.3, 0.4) is 0 Å². The largest absolute Gasteiger partial charge is 0.444 e. The molecule has 1 N–H and O–H groups in total. The maximum Gasteiger partial charge on any atom is 0.410 e. The molecule has 194 valence electrons. The number of aromatic nitrogens is 2. The number of ether oxygens (including phenoxy) is 2. The third-order valence-corrected chi connectivity index (χ3v) is 6.07. The van der Waals surface area contributed by atoms with Crippen LogP contribution in [0.2, 0.25) is 0 Å². The van der Waals surface area contributed by atoms with Crippen LogP contribution < -0.4 is 10.2 Å². The van der Waals surface area contributed by atoms with Gasteiger partial charge in [-0.3, -0.25) is 14.7 Å². The number of morpholine rings is 1. The first-order valence-electron chi connectivity index (χ1n) is 12.5. The second kappa shape index (κ2) is 11.7. The van der Waals surface area contributed by atoms with Gasteiger partial charge in [0.05, 0.1) is 19.3 Å².